The topological polar surface area (TPSA) is 78.1 Å². The number of thioether (sulfide) groups is 1. The Hall–Kier alpha value is -2.58. The molecule has 2 heterocycles. The number of hydrogen-bond acceptors (Lipinski definition) is 4. The minimum Gasteiger partial charge on any atom is -0.337 e. The third-order valence-corrected chi connectivity index (χ3v) is 6.45. The molecule has 2 N–H and O–H groups in total. The number of nitrogens with one attached hydrogen (secondary N) is 2. The minimum absolute atomic E-state index is 0.0454. The van der Waals surface area contributed by atoms with Crippen molar-refractivity contribution in [1.82, 2.24) is 15.1 Å². The van der Waals surface area contributed by atoms with E-state index in [4.69, 9.17) is 0 Å². The molecule has 4 rings (SSSR count). The van der Waals surface area contributed by atoms with Crippen molar-refractivity contribution in [1.29, 1.82) is 0 Å². The number of halogens is 1. The van der Waals surface area contributed by atoms with Crippen molar-refractivity contribution in [3.63, 3.8) is 0 Å². The summed E-state index contributed by atoms with van der Waals surface area (Å²) in [6.07, 6.45) is 0. The first kappa shape index (κ1) is 20.7. The van der Waals surface area contributed by atoms with Gasteiger partial charge in [-0.1, -0.05) is 28.1 Å². The molecule has 3 aromatic rings. The van der Waals surface area contributed by atoms with Crippen LogP contribution < -0.4 is 5.32 Å². The van der Waals surface area contributed by atoms with Crippen LogP contribution in [0.1, 0.15) is 26.4 Å². The summed E-state index contributed by atoms with van der Waals surface area (Å²) in [7, 11) is 0. The molecule has 1 fully saturated rings. The molecule has 0 bridgehead atoms. The van der Waals surface area contributed by atoms with Gasteiger partial charge in [0.2, 0.25) is 0 Å². The Bertz CT molecular complexity index is 1070. The molecule has 154 valence electrons. The van der Waals surface area contributed by atoms with E-state index in [9.17, 15) is 9.59 Å². The lowest BCUT2D eigenvalue weighted by atomic mass is 10.1. The van der Waals surface area contributed by atoms with Crippen molar-refractivity contribution in [2.24, 2.45) is 0 Å². The molecule has 6 nitrogen and oxygen atoms in total. The van der Waals surface area contributed by atoms with Gasteiger partial charge in [-0.15, -0.1) is 0 Å². The van der Waals surface area contributed by atoms with Gasteiger partial charge in [0.1, 0.15) is 5.69 Å². The van der Waals surface area contributed by atoms with E-state index in [1.807, 2.05) is 53.9 Å². The zero-order valence-corrected chi connectivity index (χ0v) is 18.8. The Morgan fingerprint density at radius 2 is 1.83 bits per heavy atom. The Balaban J connectivity index is 1.45. The number of H-pyrrole nitrogens is 1. The maximum absolute atomic E-state index is 12.7. The summed E-state index contributed by atoms with van der Waals surface area (Å²) in [5.74, 6) is 1.72. The maximum Gasteiger partial charge on any atom is 0.273 e. The Morgan fingerprint density at radius 3 is 2.53 bits per heavy atom. The second kappa shape index (κ2) is 9.06. The molecule has 8 heteroatoms. The molecule has 0 aliphatic carbocycles. The average Bonchev–Trinajstić information content (AvgIpc) is 3.26. The van der Waals surface area contributed by atoms with Crippen LogP contribution in [0.5, 0.6) is 0 Å². The smallest absolute Gasteiger partial charge is 0.273 e. The monoisotopic (exact) mass is 484 g/mol. The van der Waals surface area contributed by atoms with Crippen molar-refractivity contribution < 1.29 is 9.59 Å². The number of aromatic amines is 1. The summed E-state index contributed by atoms with van der Waals surface area (Å²) in [6, 6.07) is 14.8. The van der Waals surface area contributed by atoms with E-state index in [0.717, 1.165) is 40.2 Å². The second-order valence-electron chi connectivity index (χ2n) is 7.06. The van der Waals surface area contributed by atoms with E-state index in [1.165, 1.54) is 0 Å². The van der Waals surface area contributed by atoms with E-state index >= 15 is 0 Å². The van der Waals surface area contributed by atoms with Gasteiger partial charge in [-0.2, -0.15) is 16.9 Å². The van der Waals surface area contributed by atoms with Gasteiger partial charge in [0.15, 0.2) is 0 Å². The SMILES string of the molecule is Cc1cc(C(=O)N2CCSCC2)ccc1NC(=O)c1cc(-c2ccc(Br)cc2)n[nH]1. The van der Waals surface area contributed by atoms with Gasteiger partial charge in [0.05, 0.1) is 5.69 Å². The van der Waals surface area contributed by atoms with Crippen LogP contribution >= 0.6 is 27.7 Å². The van der Waals surface area contributed by atoms with Crippen molar-refractivity contribution in [3.05, 3.63) is 69.8 Å². The van der Waals surface area contributed by atoms with Crippen LogP contribution in [-0.4, -0.2) is 51.5 Å². The van der Waals surface area contributed by atoms with Crippen LogP contribution in [-0.2, 0) is 0 Å². The van der Waals surface area contributed by atoms with Gasteiger partial charge < -0.3 is 10.2 Å². The lowest BCUT2D eigenvalue weighted by molar-refractivity contribution is 0.0772. The fourth-order valence-electron chi connectivity index (χ4n) is 3.28. The van der Waals surface area contributed by atoms with Gasteiger partial charge in [-0.05, 0) is 48.9 Å². The van der Waals surface area contributed by atoms with Crippen LogP contribution in [0.3, 0.4) is 0 Å². The molecule has 0 unspecified atom stereocenters. The normalized spacial score (nSPS) is 13.9. The summed E-state index contributed by atoms with van der Waals surface area (Å²) in [6.45, 7) is 3.45. The highest BCUT2D eigenvalue weighted by Gasteiger charge is 2.19. The number of aryl methyl sites for hydroxylation is 1. The highest BCUT2D eigenvalue weighted by atomic mass is 79.9. The molecule has 30 heavy (non-hydrogen) atoms. The van der Waals surface area contributed by atoms with Crippen LogP contribution in [0.15, 0.2) is 53.0 Å². The van der Waals surface area contributed by atoms with Gasteiger partial charge in [0.25, 0.3) is 11.8 Å². The Labute approximate surface area is 187 Å². The molecule has 1 aromatic heterocycles. The summed E-state index contributed by atoms with van der Waals surface area (Å²) in [5.41, 5.74) is 4.15. The molecule has 1 aliphatic rings. The van der Waals surface area contributed by atoms with Crippen LogP contribution in [0.2, 0.25) is 0 Å². The Kier molecular flexibility index (Phi) is 6.24. The molecular formula is C22H21BrN4O2S. The van der Waals surface area contributed by atoms with Crippen molar-refractivity contribution in [2.75, 3.05) is 29.9 Å². The number of nitrogens with zero attached hydrogens (tertiary/aromatic N) is 2. The molecule has 1 saturated heterocycles. The predicted molar refractivity (Wildman–Crippen MR) is 124 cm³/mol. The standard InChI is InChI=1S/C22H21BrN4O2S/c1-14-12-16(22(29)27-8-10-30-11-9-27)4-7-18(14)24-21(28)20-13-19(25-26-20)15-2-5-17(23)6-3-15/h2-7,12-13H,8-11H2,1H3,(H,24,28)(H,25,26). The quantitative estimate of drug-likeness (QED) is 0.567. The lowest BCUT2D eigenvalue weighted by Crippen LogP contribution is -2.37. The first-order valence-corrected chi connectivity index (χ1v) is 11.6. The van der Waals surface area contributed by atoms with Crippen molar-refractivity contribution in [2.45, 2.75) is 6.92 Å². The molecule has 0 saturated carbocycles. The first-order chi connectivity index (χ1) is 14.5. The van der Waals surface area contributed by atoms with Gasteiger partial charge in [-0.25, -0.2) is 0 Å². The van der Waals surface area contributed by atoms with Crippen LogP contribution in [0.4, 0.5) is 5.69 Å². The zero-order valence-electron chi connectivity index (χ0n) is 16.4. The first-order valence-electron chi connectivity index (χ1n) is 9.61. The maximum atomic E-state index is 12.7. The number of carbonyl (C=O) groups is 2. The van der Waals surface area contributed by atoms with E-state index < -0.39 is 0 Å². The second-order valence-corrected chi connectivity index (χ2v) is 9.20. The molecule has 1 aliphatic heterocycles. The molecule has 0 radical (unpaired) electrons. The van der Waals surface area contributed by atoms with Gasteiger partial charge in [-0.3, -0.25) is 14.7 Å². The third-order valence-electron chi connectivity index (χ3n) is 4.98. The predicted octanol–water partition coefficient (Wildman–Crippen LogP) is 4.59. The van der Waals surface area contributed by atoms with E-state index in [0.29, 0.717) is 22.6 Å². The highest BCUT2D eigenvalue weighted by Crippen LogP contribution is 2.22. The highest BCUT2D eigenvalue weighted by molar-refractivity contribution is 9.10. The average molecular weight is 485 g/mol. The minimum atomic E-state index is -0.277. The third kappa shape index (κ3) is 4.60. The van der Waals surface area contributed by atoms with Crippen LogP contribution in [0, 0.1) is 6.92 Å². The number of rotatable bonds is 4. The molecule has 2 aromatic carbocycles. The van der Waals surface area contributed by atoms with Gasteiger partial charge >= 0.3 is 0 Å². The van der Waals surface area contributed by atoms with Gasteiger partial charge in [0, 0.05) is 45.9 Å². The number of benzene rings is 2. The van der Waals surface area contributed by atoms with E-state index in [2.05, 4.69) is 31.4 Å². The number of hydrogen-bond donors (Lipinski definition) is 2. The zero-order chi connectivity index (χ0) is 21.1. The van der Waals surface area contributed by atoms with Crippen LogP contribution in [0.25, 0.3) is 11.3 Å². The number of carbonyl (C=O) groups excluding carboxylic acids is 2. The number of aromatic nitrogens is 2. The van der Waals surface area contributed by atoms with E-state index in [1.54, 1.807) is 18.2 Å². The largest absolute Gasteiger partial charge is 0.337 e. The summed E-state index contributed by atoms with van der Waals surface area (Å²) in [4.78, 5) is 27.2. The van der Waals surface area contributed by atoms with Crippen molar-refractivity contribution >= 4 is 45.2 Å². The molecular weight excluding hydrogens is 464 g/mol. The Morgan fingerprint density at radius 1 is 1.10 bits per heavy atom. The van der Waals surface area contributed by atoms with Crippen molar-refractivity contribution in [3.8, 4) is 11.3 Å². The summed E-state index contributed by atoms with van der Waals surface area (Å²) in [5, 5.41) is 9.93. The molecule has 0 spiro atoms. The van der Waals surface area contributed by atoms with E-state index in [-0.39, 0.29) is 11.8 Å². The molecule has 2 amide bonds. The fraction of sp³-hybridized carbons (Fsp3) is 0.227. The number of amides is 2. The lowest BCUT2D eigenvalue weighted by Gasteiger charge is -2.26. The summed E-state index contributed by atoms with van der Waals surface area (Å²) >= 11 is 5.28. The summed E-state index contributed by atoms with van der Waals surface area (Å²) < 4.78 is 0.983. The molecule has 0 atom stereocenters. The fourth-order valence-corrected chi connectivity index (χ4v) is 4.45. The number of anilines is 1.